The van der Waals surface area contributed by atoms with Gasteiger partial charge in [0.1, 0.15) is 0 Å². The number of unbranched alkanes of at least 4 members (excludes halogenated alkanes) is 4. The first kappa shape index (κ1) is 17.1. The lowest BCUT2D eigenvalue weighted by Gasteiger charge is -2.22. The van der Waals surface area contributed by atoms with E-state index in [4.69, 9.17) is 10.8 Å². The van der Waals surface area contributed by atoms with Gasteiger partial charge in [-0.05, 0) is 45.6 Å². The van der Waals surface area contributed by atoms with Crippen LogP contribution in [0.1, 0.15) is 45.4 Å². The molecule has 106 valence electrons. The van der Waals surface area contributed by atoms with Crippen molar-refractivity contribution >= 4 is 5.91 Å². The van der Waals surface area contributed by atoms with Gasteiger partial charge in [0, 0.05) is 25.3 Å². The largest absolute Gasteiger partial charge is 0.396 e. The summed E-state index contributed by atoms with van der Waals surface area (Å²) in [5, 5.41) is 8.72. The van der Waals surface area contributed by atoms with Crippen molar-refractivity contribution in [2.45, 2.75) is 45.4 Å². The summed E-state index contributed by atoms with van der Waals surface area (Å²) < 4.78 is 0. The molecule has 4 nitrogen and oxygen atoms in total. The second-order valence-electron chi connectivity index (χ2n) is 4.71. The molecule has 0 saturated heterocycles. The Balaban J connectivity index is 4.00. The van der Waals surface area contributed by atoms with E-state index in [1.54, 1.807) is 6.92 Å². The van der Waals surface area contributed by atoms with E-state index < -0.39 is 0 Å². The van der Waals surface area contributed by atoms with Gasteiger partial charge in [-0.25, -0.2) is 0 Å². The van der Waals surface area contributed by atoms with E-state index in [1.807, 2.05) is 4.90 Å². The molecule has 0 radical (unpaired) electrons. The molecule has 0 aromatic heterocycles. The van der Waals surface area contributed by atoms with E-state index in [2.05, 4.69) is 6.58 Å². The molecule has 0 aliphatic heterocycles. The van der Waals surface area contributed by atoms with Crippen LogP contribution >= 0.6 is 0 Å². The lowest BCUT2D eigenvalue weighted by Crippen LogP contribution is -2.33. The number of nitrogens with two attached hydrogens (primary N) is 1. The Hall–Kier alpha value is -0.870. The zero-order chi connectivity index (χ0) is 13.8. The highest BCUT2D eigenvalue weighted by Gasteiger charge is 2.12. The first-order chi connectivity index (χ1) is 8.63. The lowest BCUT2D eigenvalue weighted by molar-refractivity contribution is -0.127. The number of carbonyl (C=O) groups excluding carboxylic acids is 1. The summed E-state index contributed by atoms with van der Waals surface area (Å²) in [7, 11) is 0. The minimum Gasteiger partial charge on any atom is -0.396 e. The Bertz CT molecular complexity index is 230. The van der Waals surface area contributed by atoms with Gasteiger partial charge >= 0.3 is 0 Å². The smallest absolute Gasteiger partial charge is 0.248 e. The fraction of sp³-hybridized carbons (Fsp3) is 0.786. The van der Waals surface area contributed by atoms with Gasteiger partial charge in [-0.2, -0.15) is 0 Å². The molecule has 0 aliphatic rings. The fourth-order valence-corrected chi connectivity index (χ4v) is 1.80. The summed E-state index contributed by atoms with van der Waals surface area (Å²) in [4.78, 5) is 13.8. The first-order valence-corrected chi connectivity index (χ1v) is 6.89. The van der Waals surface area contributed by atoms with Gasteiger partial charge in [0.2, 0.25) is 5.91 Å². The highest BCUT2D eigenvalue weighted by atomic mass is 16.2. The third kappa shape index (κ3) is 8.25. The molecule has 0 atom stereocenters. The number of hydrogen-bond donors (Lipinski definition) is 2. The van der Waals surface area contributed by atoms with Crippen molar-refractivity contribution in [2.75, 3.05) is 26.2 Å². The zero-order valence-electron chi connectivity index (χ0n) is 11.7. The van der Waals surface area contributed by atoms with Crippen molar-refractivity contribution in [3.63, 3.8) is 0 Å². The second kappa shape index (κ2) is 11.2. The van der Waals surface area contributed by atoms with Crippen LogP contribution in [-0.2, 0) is 4.79 Å². The number of carbonyl (C=O) groups is 1. The van der Waals surface area contributed by atoms with E-state index in [1.165, 1.54) is 0 Å². The minimum absolute atomic E-state index is 0.0479. The molecule has 18 heavy (non-hydrogen) atoms. The lowest BCUT2D eigenvalue weighted by atomic mass is 10.2. The summed E-state index contributed by atoms with van der Waals surface area (Å²) >= 11 is 0. The average molecular weight is 256 g/mol. The van der Waals surface area contributed by atoms with Gasteiger partial charge < -0.3 is 15.7 Å². The third-order valence-electron chi connectivity index (χ3n) is 2.87. The topological polar surface area (TPSA) is 66.6 Å². The van der Waals surface area contributed by atoms with Crippen LogP contribution in [0.5, 0.6) is 0 Å². The van der Waals surface area contributed by atoms with Gasteiger partial charge in [0.15, 0.2) is 0 Å². The van der Waals surface area contributed by atoms with Crippen LogP contribution in [0.2, 0.25) is 0 Å². The second-order valence-corrected chi connectivity index (χ2v) is 4.71. The highest BCUT2D eigenvalue weighted by Crippen LogP contribution is 2.06. The quantitative estimate of drug-likeness (QED) is 0.436. The van der Waals surface area contributed by atoms with E-state index in [9.17, 15) is 4.79 Å². The average Bonchev–Trinajstić information content (AvgIpc) is 2.36. The standard InChI is InChI=1S/C14H28N2O2/c1-13(2)14(18)16(10-6-3-5-9-15)11-7-4-8-12-17/h17H,1,3-12,15H2,2H3. The van der Waals surface area contributed by atoms with Crippen LogP contribution in [0.25, 0.3) is 0 Å². The molecule has 0 saturated carbocycles. The monoisotopic (exact) mass is 256 g/mol. The van der Waals surface area contributed by atoms with Gasteiger partial charge in [0.05, 0.1) is 0 Å². The van der Waals surface area contributed by atoms with Crippen molar-refractivity contribution < 1.29 is 9.90 Å². The number of amides is 1. The SMILES string of the molecule is C=C(C)C(=O)N(CCCCCN)CCCCCO. The van der Waals surface area contributed by atoms with Crippen molar-refractivity contribution in [1.29, 1.82) is 0 Å². The molecule has 1 amide bonds. The summed E-state index contributed by atoms with van der Waals surface area (Å²) in [5.41, 5.74) is 6.04. The molecule has 0 aromatic carbocycles. The van der Waals surface area contributed by atoms with Crippen LogP contribution in [0, 0.1) is 0 Å². The van der Waals surface area contributed by atoms with Crippen LogP contribution < -0.4 is 5.73 Å². The maximum absolute atomic E-state index is 11.9. The van der Waals surface area contributed by atoms with Crippen molar-refractivity contribution in [2.24, 2.45) is 5.73 Å². The molecule has 0 spiro atoms. The van der Waals surface area contributed by atoms with Gasteiger partial charge in [-0.1, -0.05) is 13.0 Å². The zero-order valence-corrected chi connectivity index (χ0v) is 11.7. The molecule has 0 bridgehead atoms. The normalized spacial score (nSPS) is 10.4. The van der Waals surface area contributed by atoms with E-state index in [0.29, 0.717) is 12.1 Å². The Labute approximate surface area is 111 Å². The fourth-order valence-electron chi connectivity index (χ4n) is 1.80. The number of nitrogens with zero attached hydrogens (tertiary/aromatic N) is 1. The molecular weight excluding hydrogens is 228 g/mol. The maximum Gasteiger partial charge on any atom is 0.248 e. The number of hydrogen-bond acceptors (Lipinski definition) is 3. The molecule has 0 aliphatic carbocycles. The molecule has 0 heterocycles. The van der Waals surface area contributed by atoms with Gasteiger partial charge in [-0.3, -0.25) is 4.79 Å². The molecule has 3 N–H and O–H groups in total. The summed E-state index contributed by atoms with van der Waals surface area (Å²) in [6.45, 7) is 7.95. The van der Waals surface area contributed by atoms with Crippen LogP contribution in [0.4, 0.5) is 0 Å². The van der Waals surface area contributed by atoms with Crippen molar-refractivity contribution in [3.05, 3.63) is 12.2 Å². The minimum atomic E-state index is 0.0479. The Morgan fingerprint density at radius 3 is 2.11 bits per heavy atom. The Kier molecular flexibility index (Phi) is 10.7. The van der Waals surface area contributed by atoms with Crippen LogP contribution in [0.15, 0.2) is 12.2 Å². The highest BCUT2D eigenvalue weighted by molar-refractivity contribution is 5.92. The third-order valence-corrected chi connectivity index (χ3v) is 2.87. The number of aliphatic hydroxyl groups excluding tert-OH is 1. The molecule has 0 rings (SSSR count). The summed E-state index contributed by atoms with van der Waals surface area (Å²) in [5.74, 6) is 0.0479. The van der Waals surface area contributed by atoms with E-state index >= 15 is 0 Å². The van der Waals surface area contributed by atoms with E-state index in [0.717, 1.165) is 51.6 Å². The van der Waals surface area contributed by atoms with Crippen LogP contribution in [-0.4, -0.2) is 42.2 Å². The molecule has 0 unspecified atom stereocenters. The van der Waals surface area contributed by atoms with Gasteiger partial charge in [-0.15, -0.1) is 0 Å². The van der Waals surface area contributed by atoms with E-state index in [-0.39, 0.29) is 12.5 Å². The molecule has 0 fully saturated rings. The Morgan fingerprint density at radius 1 is 1.11 bits per heavy atom. The van der Waals surface area contributed by atoms with Crippen LogP contribution in [0.3, 0.4) is 0 Å². The number of aliphatic hydroxyl groups is 1. The number of rotatable bonds is 11. The predicted molar refractivity (Wildman–Crippen MR) is 75.2 cm³/mol. The summed E-state index contributed by atoms with van der Waals surface area (Å²) in [6, 6.07) is 0. The molecule has 0 aromatic rings. The first-order valence-electron chi connectivity index (χ1n) is 6.89. The van der Waals surface area contributed by atoms with Gasteiger partial charge in [0.25, 0.3) is 0 Å². The maximum atomic E-state index is 11.9. The van der Waals surface area contributed by atoms with Crippen molar-refractivity contribution in [3.8, 4) is 0 Å². The predicted octanol–water partition coefficient (Wildman–Crippen LogP) is 1.68. The molecular formula is C14H28N2O2. The van der Waals surface area contributed by atoms with Crippen molar-refractivity contribution in [1.82, 2.24) is 4.90 Å². The molecule has 4 heteroatoms. The summed E-state index contributed by atoms with van der Waals surface area (Å²) in [6.07, 6.45) is 5.78. The Morgan fingerprint density at radius 2 is 1.67 bits per heavy atom.